The smallest absolute Gasteiger partial charge is 0.414 e. The first kappa shape index (κ1) is 20.4. The van der Waals surface area contributed by atoms with Crippen molar-refractivity contribution in [3.05, 3.63) is 35.9 Å². The van der Waals surface area contributed by atoms with Gasteiger partial charge in [-0.25, -0.2) is 20.0 Å². The third-order valence-electron chi connectivity index (χ3n) is 4.14. The minimum absolute atomic E-state index is 0.628. The van der Waals surface area contributed by atoms with E-state index in [2.05, 4.69) is 37.9 Å². The Morgan fingerprint density at radius 3 is 2.30 bits per heavy atom. The van der Waals surface area contributed by atoms with Crippen molar-refractivity contribution in [1.29, 1.82) is 0 Å². The van der Waals surface area contributed by atoms with Crippen LogP contribution >= 0.6 is 0 Å². The topological polar surface area (TPSA) is 127 Å². The highest BCUT2D eigenvalue weighted by atomic mass is 16.4. The predicted molar refractivity (Wildman–Crippen MR) is 102 cm³/mol. The summed E-state index contributed by atoms with van der Waals surface area (Å²) in [6.45, 7) is 5.09. The summed E-state index contributed by atoms with van der Waals surface area (Å²) in [4.78, 5) is 25.2. The summed E-state index contributed by atoms with van der Waals surface area (Å²) in [6.07, 6.45) is 4.06. The molecule has 0 aromatic heterocycles. The molecule has 27 heavy (non-hydrogen) atoms. The van der Waals surface area contributed by atoms with Gasteiger partial charge in [-0.3, -0.25) is 0 Å². The van der Waals surface area contributed by atoms with Gasteiger partial charge in [-0.2, -0.15) is 5.10 Å². The van der Waals surface area contributed by atoms with Gasteiger partial charge in [0.05, 0.1) is 12.3 Å². The minimum Gasteiger partial charge on any atom is -0.473 e. The summed E-state index contributed by atoms with van der Waals surface area (Å²) < 4.78 is 0. The lowest BCUT2D eigenvalue weighted by atomic mass is 10.1. The Morgan fingerprint density at radius 2 is 1.74 bits per heavy atom. The van der Waals surface area contributed by atoms with E-state index in [4.69, 9.17) is 19.8 Å². The molecular weight excluding hydrogens is 350 g/mol. The monoisotopic (exact) mass is 375 g/mol. The fraction of sp³-hybridized carbons (Fsp3) is 0.444. The molecule has 1 saturated heterocycles. The van der Waals surface area contributed by atoms with Gasteiger partial charge in [0.2, 0.25) is 5.96 Å². The van der Waals surface area contributed by atoms with E-state index in [1.165, 1.54) is 32.4 Å². The number of hydrogen-bond acceptors (Lipinski definition) is 7. The van der Waals surface area contributed by atoms with Crippen LogP contribution in [0.15, 0.2) is 40.4 Å². The maximum atomic E-state index is 9.10. The molecule has 0 atom stereocenters. The van der Waals surface area contributed by atoms with Crippen LogP contribution in [0, 0.1) is 0 Å². The van der Waals surface area contributed by atoms with Gasteiger partial charge in [0.25, 0.3) is 0 Å². The number of benzene rings is 1. The highest BCUT2D eigenvalue weighted by Gasteiger charge is 2.11. The van der Waals surface area contributed by atoms with Gasteiger partial charge in [0.1, 0.15) is 0 Å². The zero-order valence-corrected chi connectivity index (χ0v) is 15.1. The van der Waals surface area contributed by atoms with Gasteiger partial charge in [0.15, 0.2) is 0 Å². The Hall–Kier alpha value is -2.94. The number of carboxylic acids is 2. The Labute approximate surface area is 157 Å². The van der Waals surface area contributed by atoms with E-state index in [9.17, 15) is 0 Å². The average molecular weight is 375 g/mol. The number of nitrogens with zero attached hydrogens (tertiary/aromatic N) is 3. The summed E-state index contributed by atoms with van der Waals surface area (Å²) in [5, 5.41) is 22.5. The van der Waals surface area contributed by atoms with Crippen molar-refractivity contribution in [3.8, 4) is 0 Å². The van der Waals surface area contributed by atoms with E-state index in [1.807, 2.05) is 18.2 Å². The molecular formula is C18H25N5O4. The Kier molecular flexibility index (Phi) is 8.24. The van der Waals surface area contributed by atoms with E-state index in [0.29, 0.717) is 6.54 Å². The zero-order chi connectivity index (χ0) is 19.5. The number of carboxylic acid groups (broad SMARTS) is 2. The van der Waals surface area contributed by atoms with Crippen LogP contribution in [0.3, 0.4) is 0 Å². The number of carbonyl (C=O) groups is 2. The molecule has 0 bridgehead atoms. The molecule has 2 heterocycles. The Bertz CT molecular complexity index is 672. The van der Waals surface area contributed by atoms with Crippen LogP contribution in [0.2, 0.25) is 0 Å². The quantitative estimate of drug-likeness (QED) is 0.567. The van der Waals surface area contributed by atoms with Crippen molar-refractivity contribution in [2.75, 3.05) is 32.7 Å². The third kappa shape index (κ3) is 7.45. The molecule has 146 valence electrons. The molecule has 2 aliphatic rings. The largest absolute Gasteiger partial charge is 0.473 e. The molecule has 9 heteroatoms. The van der Waals surface area contributed by atoms with Gasteiger partial charge in [0, 0.05) is 13.1 Å². The van der Waals surface area contributed by atoms with Gasteiger partial charge < -0.3 is 20.4 Å². The van der Waals surface area contributed by atoms with Crippen molar-refractivity contribution in [3.63, 3.8) is 0 Å². The van der Waals surface area contributed by atoms with Crippen LogP contribution < -0.4 is 10.7 Å². The van der Waals surface area contributed by atoms with Crippen molar-refractivity contribution in [1.82, 2.24) is 15.6 Å². The van der Waals surface area contributed by atoms with Crippen molar-refractivity contribution < 1.29 is 19.8 Å². The van der Waals surface area contributed by atoms with Crippen molar-refractivity contribution in [2.45, 2.75) is 19.3 Å². The number of aliphatic carboxylic acids is 2. The van der Waals surface area contributed by atoms with Gasteiger partial charge >= 0.3 is 11.9 Å². The second-order valence-corrected chi connectivity index (χ2v) is 6.14. The van der Waals surface area contributed by atoms with Crippen molar-refractivity contribution >= 4 is 23.6 Å². The molecule has 0 aliphatic carbocycles. The highest BCUT2D eigenvalue weighted by molar-refractivity contribution is 6.27. The molecule has 1 fully saturated rings. The van der Waals surface area contributed by atoms with E-state index in [0.717, 1.165) is 30.3 Å². The summed E-state index contributed by atoms with van der Waals surface area (Å²) in [6, 6.07) is 10.2. The molecule has 9 nitrogen and oxygen atoms in total. The molecule has 0 spiro atoms. The standard InChI is InChI=1S/C16H23N5.C2H2O4/c1-3-7-14(8-4-1)15-13-18-16(20-19-15)17-9-12-21-10-5-2-6-11-21;3-1(4)2(5)6/h1,3-4,7-8H,2,5-6,9-13H2,(H2,17,18,20);(H,3,4)(H,5,6). The predicted octanol–water partition coefficient (Wildman–Crippen LogP) is 0.581. The number of guanidine groups is 1. The van der Waals surface area contributed by atoms with Crippen molar-refractivity contribution in [2.24, 2.45) is 10.1 Å². The maximum Gasteiger partial charge on any atom is 0.414 e. The highest BCUT2D eigenvalue weighted by Crippen LogP contribution is 2.07. The average Bonchev–Trinajstić information content (AvgIpc) is 2.70. The molecule has 0 radical (unpaired) electrons. The fourth-order valence-electron chi connectivity index (χ4n) is 2.74. The summed E-state index contributed by atoms with van der Waals surface area (Å²) in [7, 11) is 0. The maximum absolute atomic E-state index is 9.10. The SMILES string of the molecule is O=C(O)C(=O)O.c1ccc(C2=NNC(NCCN3CCCCC3)=NC2)cc1. The fourth-order valence-corrected chi connectivity index (χ4v) is 2.74. The summed E-state index contributed by atoms with van der Waals surface area (Å²) in [5.41, 5.74) is 5.12. The Morgan fingerprint density at radius 1 is 1.07 bits per heavy atom. The number of piperidine rings is 1. The van der Waals surface area contributed by atoms with Crippen LogP contribution in [0.1, 0.15) is 24.8 Å². The number of nitrogens with one attached hydrogen (secondary N) is 2. The lowest BCUT2D eigenvalue weighted by Gasteiger charge is -2.26. The molecule has 2 aliphatic heterocycles. The normalized spacial score (nSPS) is 16.7. The van der Waals surface area contributed by atoms with Crippen LogP contribution in [-0.4, -0.2) is 71.4 Å². The first-order chi connectivity index (χ1) is 13.1. The molecule has 1 aromatic rings. The number of aliphatic imine (C=N–C) groups is 1. The van der Waals surface area contributed by atoms with Crippen LogP contribution in [0.4, 0.5) is 0 Å². The second-order valence-electron chi connectivity index (χ2n) is 6.14. The van der Waals surface area contributed by atoms with E-state index >= 15 is 0 Å². The number of rotatable bonds is 4. The van der Waals surface area contributed by atoms with Crippen LogP contribution in [0.5, 0.6) is 0 Å². The first-order valence-electron chi connectivity index (χ1n) is 8.91. The van der Waals surface area contributed by atoms with E-state index < -0.39 is 11.9 Å². The first-order valence-corrected chi connectivity index (χ1v) is 8.91. The molecule has 1 aromatic carbocycles. The zero-order valence-electron chi connectivity index (χ0n) is 15.1. The van der Waals surface area contributed by atoms with Gasteiger partial charge in [-0.15, -0.1) is 0 Å². The third-order valence-corrected chi connectivity index (χ3v) is 4.14. The lowest BCUT2D eigenvalue weighted by Crippen LogP contribution is -2.43. The molecule has 0 saturated carbocycles. The summed E-state index contributed by atoms with van der Waals surface area (Å²) in [5.74, 6) is -2.86. The van der Waals surface area contributed by atoms with Crippen LogP contribution in [-0.2, 0) is 9.59 Å². The Balaban J connectivity index is 0.000000380. The molecule has 0 amide bonds. The number of likely N-dealkylation sites (tertiary alicyclic amines) is 1. The van der Waals surface area contributed by atoms with E-state index in [1.54, 1.807) is 0 Å². The van der Waals surface area contributed by atoms with Gasteiger partial charge in [-0.1, -0.05) is 36.8 Å². The number of hydrazone groups is 1. The van der Waals surface area contributed by atoms with Crippen LogP contribution in [0.25, 0.3) is 0 Å². The number of hydrogen-bond donors (Lipinski definition) is 4. The van der Waals surface area contributed by atoms with E-state index in [-0.39, 0.29) is 0 Å². The van der Waals surface area contributed by atoms with Gasteiger partial charge in [-0.05, 0) is 31.5 Å². The lowest BCUT2D eigenvalue weighted by molar-refractivity contribution is -0.159. The molecule has 3 rings (SSSR count). The molecule has 0 unspecified atom stereocenters. The minimum atomic E-state index is -1.82. The second kappa shape index (κ2) is 10.9. The summed E-state index contributed by atoms with van der Waals surface area (Å²) >= 11 is 0. The molecule has 4 N–H and O–H groups in total.